The fourth-order valence-electron chi connectivity index (χ4n) is 1.58. The van der Waals surface area contributed by atoms with Crippen LogP contribution in [0.1, 0.15) is 25.8 Å². The molecule has 1 N–H and O–H groups in total. The van der Waals surface area contributed by atoms with E-state index in [0.717, 1.165) is 24.5 Å². The van der Waals surface area contributed by atoms with Crippen molar-refractivity contribution >= 4 is 23.8 Å². The average molecular weight is 265 g/mol. The zero-order valence-corrected chi connectivity index (χ0v) is 11.6. The van der Waals surface area contributed by atoms with Crippen LogP contribution in [0.2, 0.25) is 0 Å². The molecular formula is C14H19NO2S. The number of carbonyl (C=O) groups is 1. The molecular weight excluding hydrogens is 246 g/mol. The van der Waals surface area contributed by atoms with Crippen molar-refractivity contribution in [3.05, 3.63) is 29.8 Å². The number of rotatable bonds is 4. The van der Waals surface area contributed by atoms with Gasteiger partial charge in [-0.25, -0.2) is 0 Å². The highest BCUT2D eigenvalue weighted by molar-refractivity contribution is 8.00. The third kappa shape index (κ3) is 4.27. The summed E-state index contributed by atoms with van der Waals surface area (Å²) in [5, 5.41) is 7.92. The molecule has 1 atom stereocenters. The zero-order valence-electron chi connectivity index (χ0n) is 10.8. The minimum absolute atomic E-state index is 0.0285. The van der Waals surface area contributed by atoms with Gasteiger partial charge < -0.3 is 4.74 Å². The maximum absolute atomic E-state index is 10.4. The summed E-state index contributed by atoms with van der Waals surface area (Å²) in [4.78, 5) is 11.6. The fraction of sp³-hybridized carbons (Fsp3) is 0.429. The topological polar surface area (TPSA) is 50.2 Å². The molecule has 1 aliphatic heterocycles. The molecule has 0 bridgehead atoms. The molecule has 3 nitrogen and oxygen atoms in total. The molecule has 18 heavy (non-hydrogen) atoms. The predicted molar refractivity (Wildman–Crippen MR) is 75.8 cm³/mol. The first-order valence-corrected chi connectivity index (χ1v) is 7.06. The van der Waals surface area contributed by atoms with Crippen molar-refractivity contribution in [3.8, 4) is 0 Å². The van der Waals surface area contributed by atoms with Crippen LogP contribution in [0.3, 0.4) is 0 Å². The summed E-state index contributed by atoms with van der Waals surface area (Å²) in [6.45, 7) is 5.67. The van der Waals surface area contributed by atoms with E-state index in [4.69, 9.17) is 10.1 Å². The van der Waals surface area contributed by atoms with Gasteiger partial charge in [-0.05, 0) is 18.6 Å². The molecule has 0 saturated carbocycles. The number of benzene rings is 1. The molecule has 0 aromatic heterocycles. The normalized spacial score (nSPS) is 17.8. The molecule has 4 heteroatoms. The highest BCUT2D eigenvalue weighted by Crippen LogP contribution is 2.28. The lowest BCUT2D eigenvalue weighted by atomic mass is 10.1. The highest BCUT2D eigenvalue weighted by Gasteiger charge is 2.16. The summed E-state index contributed by atoms with van der Waals surface area (Å²) in [5.41, 5.74) is 0.697. The van der Waals surface area contributed by atoms with Gasteiger partial charge in [0, 0.05) is 22.3 Å². The third-order valence-electron chi connectivity index (χ3n) is 2.47. The van der Waals surface area contributed by atoms with E-state index in [1.807, 2.05) is 38.1 Å². The number of thioether (sulfide) groups is 1. The van der Waals surface area contributed by atoms with E-state index in [9.17, 15) is 4.79 Å². The van der Waals surface area contributed by atoms with E-state index >= 15 is 0 Å². The molecule has 1 aromatic rings. The molecule has 0 aliphatic carbocycles. The summed E-state index contributed by atoms with van der Waals surface area (Å²) in [6.07, 6.45) is 1.66. The molecule has 1 aromatic carbocycles. The van der Waals surface area contributed by atoms with Gasteiger partial charge in [-0.2, -0.15) is 0 Å². The van der Waals surface area contributed by atoms with E-state index in [1.54, 1.807) is 11.8 Å². The van der Waals surface area contributed by atoms with Crippen LogP contribution in [0, 0.1) is 5.41 Å². The second kappa shape index (κ2) is 8.06. The van der Waals surface area contributed by atoms with Gasteiger partial charge in [0.25, 0.3) is 0 Å². The molecule has 1 aliphatic rings. The van der Waals surface area contributed by atoms with Crippen LogP contribution in [0.25, 0.3) is 0 Å². The van der Waals surface area contributed by atoms with Crippen molar-refractivity contribution in [1.82, 2.24) is 0 Å². The Kier molecular flexibility index (Phi) is 6.68. The van der Waals surface area contributed by atoms with E-state index in [1.165, 1.54) is 0 Å². The van der Waals surface area contributed by atoms with Gasteiger partial charge in [-0.3, -0.25) is 10.2 Å². The van der Waals surface area contributed by atoms with Gasteiger partial charge in [-0.1, -0.05) is 26.0 Å². The van der Waals surface area contributed by atoms with E-state index in [0.29, 0.717) is 17.1 Å². The number of hydrogen-bond acceptors (Lipinski definition) is 4. The van der Waals surface area contributed by atoms with Crippen molar-refractivity contribution in [2.75, 3.05) is 13.2 Å². The smallest absolute Gasteiger partial charge is 0.168 e. The molecule has 2 rings (SSSR count). The van der Waals surface area contributed by atoms with Crippen molar-refractivity contribution < 1.29 is 9.53 Å². The molecule has 98 valence electrons. The summed E-state index contributed by atoms with van der Waals surface area (Å²) in [5.74, 6) is 0. The van der Waals surface area contributed by atoms with Crippen LogP contribution in [-0.4, -0.2) is 30.5 Å². The number of hydrogen-bond donors (Lipinski definition) is 1. The number of carbonyl (C=O) groups excluding carboxylic acids is 1. The van der Waals surface area contributed by atoms with Crippen LogP contribution >= 0.6 is 11.8 Å². The maximum Gasteiger partial charge on any atom is 0.168 e. The Balaban J connectivity index is 0.000000771. The second-order valence-corrected chi connectivity index (χ2v) is 5.03. The summed E-state index contributed by atoms with van der Waals surface area (Å²) in [7, 11) is 0. The standard InChI is InChI=1S/C12H13NO2S.C2H6/c13-12(7-14)9-1-3-10(4-2-9)16-11-5-6-15-8-11;1-2/h1-4,7,11,13H,5-6,8H2;1-2H3. The van der Waals surface area contributed by atoms with Gasteiger partial charge in [0.05, 0.1) is 6.61 Å². The zero-order chi connectivity index (χ0) is 13.4. The molecule has 1 saturated heterocycles. The lowest BCUT2D eigenvalue weighted by molar-refractivity contribution is -0.102. The van der Waals surface area contributed by atoms with E-state index < -0.39 is 0 Å². The third-order valence-corrected chi connectivity index (χ3v) is 3.72. The van der Waals surface area contributed by atoms with Crippen molar-refractivity contribution in [1.29, 1.82) is 5.41 Å². The van der Waals surface area contributed by atoms with Crippen molar-refractivity contribution in [2.24, 2.45) is 0 Å². The highest BCUT2D eigenvalue weighted by atomic mass is 32.2. The molecule has 0 radical (unpaired) electrons. The van der Waals surface area contributed by atoms with Crippen molar-refractivity contribution in [2.45, 2.75) is 30.4 Å². The van der Waals surface area contributed by atoms with Crippen LogP contribution in [-0.2, 0) is 9.53 Å². The summed E-state index contributed by atoms with van der Waals surface area (Å²) >= 11 is 1.80. The number of nitrogens with one attached hydrogen (secondary N) is 1. The summed E-state index contributed by atoms with van der Waals surface area (Å²) in [6, 6.07) is 7.54. The average Bonchev–Trinajstić information content (AvgIpc) is 2.94. The van der Waals surface area contributed by atoms with Gasteiger partial charge in [0.1, 0.15) is 5.71 Å². The molecule has 0 spiro atoms. The Hall–Kier alpha value is -1.13. The minimum atomic E-state index is 0.0285. The number of ether oxygens (including phenoxy) is 1. The quantitative estimate of drug-likeness (QED) is 0.672. The molecule has 1 fully saturated rings. The van der Waals surface area contributed by atoms with Crippen LogP contribution in [0.15, 0.2) is 29.2 Å². The lowest BCUT2D eigenvalue weighted by Gasteiger charge is -2.07. The van der Waals surface area contributed by atoms with Gasteiger partial charge >= 0.3 is 0 Å². The van der Waals surface area contributed by atoms with Crippen LogP contribution < -0.4 is 0 Å². The first-order valence-electron chi connectivity index (χ1n) is 6.18. The summed E-state index contributed by atoms with van der Waals surface area (Å²) < 4.78 is 5.31. The predicted octanol–water partition coefficient (Wildman–Crippen LogP) is 3.16. The van der Waals surface area contributed by atoms with Crippen LogP contribution in [0.5, 0.6) is 0 Å². The van der Waals surface area contributed by atoms with Gasteiger partial charge in [0.2, 0.25) is 0 Å². The molecule has 1 heterocycles. The maximum atomic E-state index is 10.4. The van der Waals surface area contributed by atoms with Crippen molar-refractivity contribution in [3.63, 3.8) is 0 Å². The second-order valence-electron chi connectivity index (χ2n) is 3.66. The lowest BCUT2D eigenvalue weighted by Crippen LogP contribution is -2.01. The Morgan fingerprint density at radius 1 is 1.39 bits per heavy atom. The van der Waals surface area contributed by atoms with Gasteiger partial charge in [-0.15, -0.1) is 11.8 Å². The Morgan fingerprint density at radius 3 is 2.56 bits per heavy atom. The van der Waals surface area contributed by atoms with E-state index in [-0.39, 0.29) is 5.71 Å². The minimum Gasteiger partial charge on any atom is -0.380 e. The Labute approximate surface area is 112 Å². The first kappa shape index (κ1) is 14.9. The van der Waals surface area contributed by atoms with Gasteiger partial charge in [0.15, 0.2) is 6.29 Å². The number of aldehydes is 1. The molecule has 0 amide bonds. The largest absolute Gasteiger partial charge is 0.380 e. The monoisotopic (exact) mass is 265 g/mol. The fourth-order valence-corrected chi connectivity index (χ4v) is 2.64. The SMILES string of the molecule is CC.N=C(C=O)c1ccc(SC2CCOC2)cc1. The Bertz CT molecular complexity index is 383. The molecule has 1 unspecified atom stereocenters. The first-order chi connectivity index (χ1) is 8.79. The Morgan fingerprint density at radius 2 is 2.06 bits per heavy atom. The van der Waals surface area contributed by atoms with E-state index in [2.05, 4.69) is 0 Å². The van der Waals surface area contributed by atoms with Crippen LogP contribution in [0.4, 0.5) is 0 Å².